The fourth-order valence-corrected chi connectivity index (χ4v) is 5.81. The lowest BCUT2D eigenvalue weighted by Crippen LogP contribution is -2.36. The molecule has 38 heavy (non-hydrogen) atoms. The average molecular weight is 561 g/mol. The van der Waals surface area contributed by atoms with Crippen LogP contribution in [0.5, 0.6) is 5.88 Å². The minimum atomic E-state index is -4.16. The molecular weight excluding hydrogens is 531 g/mol. The first-order valence-corrected chi connectivity index (χ1v) is 14.0. The minimum Gasteiger partial charge on any atom is -0.481 e. The lowest BCUT2D eigenvalue weighted by Gasteiger charge is -2.32. The van der Waals surface area contributed by atoms with E-state index in [1.165, 1.54) is 25.3 Å². The molecule has 2 N–H and O–H groups in total. The highest BCUT2D eigenvalue weighted by molar-refractivity contribution is 7.92. The predicted octanol–water partition coefficient (Wildman–Crippen LogP) is 4.93. The summed E-state index contributed by atoms with van der Waals surface area (Å²) in [5.41, 5.74) is 1.39. The van der Waals surface area contributed by atoms with Gasteiger partial charge in [-0.3, -0.25) is 4.72 Å². The number of benzene rings is 1. The molecule has 0 unspecified atom stereocenters. The van der Waals surface area contributed by atoms with E-state index in [9.17, 15) is 12.8 Å². The molecule has 1 aliphatic carbocycles. The molecule has 3 aromatic rings. The van der Waals surface area contributed by atoms with E-state index in [0.717, 1.165) is 37.3 Å². The molecule has 12 heteroatoms. The molecule has 202 valence electrons. The van der Waals surface area contributed by atoms with Crippen molar-refractivity contribution in [2.45, 2.75) is 42.7 Å². The molecule has 0 saturated heterocycles. The normalized spacial score (nSPS) is 18.1. The molecule has 0 bridgehead atoms. The maximum Gasteiger partial charge on any atom is 0.264 e. The molecule has 1 saturated carbocycles. The zero-order valence-corrected chi connectivity index (χ0v) is 22.9. The van der Waals surface area contributed by atoms with E-state index in [1.807, 2.05) is 6.08 Å². The highest BCUT2D eigenvalue weighted by Gasteiger charge is 2.23. The highest BCUT2D eigenvalue weighted by Crippen LogP contribution is 2.28. The maximum absolute atomic E-state index is 13.7. The van der Waals surface area contributed by atoms with Gasteiger partial charge in [0, 0.05) is 35.6 Å². The van der Waals surface area contributed by atoms with Gasteiger partial charge in [-0.15, -0.1) is 0 Å². The minimum absolute atomic E-state index is 0.00213. The second-order valence-corrected chi connectivity index (χ2v) is 11.3. The SMILES string of the molecule is COc1nc(NS(=O)(=O)c2cccc(F)c2Cl)ccc1/C=C/c1cnc(NC2CCC(N(C)C)CC2)nc1. The molecule has 1 fully saturated rings. The van der Waals surface area contributed by atoms with Gasteiger partial charge in [-0.05, 0) is 70.1 Å². The number of hydrogen-bond donors (Lipinski definition) is 2. The van der Waals surface area contributed by atoms with Gasteiger partial charge >= 0.3 is 0 Å². The van der Waals surface area contributed by atoms with Crippen molar-refractivity contribution in [3.63, 3.8) is 0 Å². The van der Waals surface area contributed by atoms with Crippen molar-refractivity contribution in [2.24, 2.45) is 0 Å². The van der Waals surface area contributed by atoms with Crippen LogP contribution in [0.15, 0.2) is 47.6 Å². The van der Waals surface area contributed by atoms with E-state index in [-0.39, 0.29) is 16.6 Å². The topological polar surface area (TPSA) is 109 Å². The van der Waals surface area contributed by atoms with Gasteiger partial charge in [0.05, 0.1) is 12.1 Å². The maximum atomic E-state index is 13.7. The van der Waals surface area contributed by atoms with Crippen molar-refractivity contribution in [3.8, 4) is 5.88 Å². The second-order valence-electron chi connectivity index (χ2n) is 9.24. The number of pyridine rings is 1. The Labute approximate surface area is 227 Å². The summed E-state index contributed by atoms with van der Waals surface area (Å²) in [7, 11) is 1.52. The van der Waals surface area contributed by atoms with Crippen LogP contribution in [0.25, 0.3) is 12.2 Å². The van der Waals surface area contributed by atoms with Gasteiger partial charge in [-0.25, -0.2) is 22.8 Å². The molecular formula is C26H30ClFN6O3S. The van der Waals surface area contributed by atoms with Crippen molar-refractivity contribution < 1.29 is 17.5 Å². The monoisotopic (exact) mass is 560 g/mol. The van der Waals surface area contributed by atoms with E-state index < -0.39 is 20.9 Å². The number of nitrogens with one attached hydrogen (secondary N) is 2. The Morgan fingerprint density at radius 1 is 1.08 bits per heavy atom. The van der Waals surface area contributed by atoms with Gasteiger partial charge in [-0.1, -0.05) is 23.7 Å². The molecule has 2 heterocycles. The molecule has 2 aromatic heterocycles. The Hall–Kier alpha value is -3.28. The summed E-state index contributed by atoms with van der Waals surface area (Å²) in [4.78, 5) is 15.0. The van der Waals surface area contributed by atoms with E-state index in [0.29, 0.717) is 23.6 Å². The average Bonchev–Trinajstić information content (AvgIpc) is 2.90. The Morgan fingerprint density at radius 3 is 2.45 bits per heavy atom. The molecule has 0 atom stereocenters. The standard InChI is InChI=1S/C26H30ClFN6O3S/c1-34(2)20-12-10-19(11-13-20)31-26-29-15-17(16-30-26)7-8-18-9-14-23(32-25(18)37-3)33-38(35,36)22-6-4-5-21(28)24(22)27/h4-9,14-16,19-20H,10-13H2,1-3H3,(H,32,33)(H,29,30,31)/b8-7+. The lowest BCUT2D eigenvalue weighted by molar-refractivity contribution is 0.221. The number of sulfonamides is 1. The van der Waals surface area contributed by atoms with Crippen LogP contribution in [0.1, 0.15) is 36.8 Å². The number of anilines is 2. The van der Waals surface area contributed by atoms with E-state index in [1.54, 1.807) is 24.5 Å². The zero-order valence-electron chi connectivity index (χ0n) is 21.4. The van der Waals surface area contributed by atoms with Gasteiger partial charge in [0.15, 0.2) is 0 Å². The van der Waals surface area contributed by atoms with Crippen LogP contribution in [-0.4, -0.2) is 61.6 Å². The zero-order chi connectivity index (χ0) is 27.3. The van der Waals surface area contributed by atoms with Crippen molar-refractivity contribution in [1.82, 2.24) is 19.9 Å². The number of halogens is 2. The highest BCUT2D eigenvalue weighted by atomic mass is 35.5. The molecule has 1 aliphatic rings. The smallest absolute Gasteiger partial charge is 0.264 e. The molecule has 0 aliphatic heterocycles. The van der Waals surface area contributed by atoms with Gasteiger partial charge in [0.25, 0.3) is 10.0 Å². The third-order valence-corrected chi connectivity index (χ3v) is 8.31. The molecule has 0 radical (unpaired) electrons. The van der Waals surface area contributed by atoms with E-state index >= 15 is 0 Å². The van der Waals surface area contributed by atoms with E-state index in [2.05, 4.69) is 44.0 Å². The van der Waals surface area contributed by atoms with Crippen LogP contribution in [0, 0.1) is 5.82 Å². The third kappa shape index (κ3) is 6.77. The van der Waals surface area contributed by atoms with E-state index in [4.69, 9.17) is 16.3 Å². The van der Waals surface area contributed by atoms with Crippen molar-refractivity contribution in [3.05, 3.63) is 64.7 Å². The Morgan fingerprint density at radius 2 is 1.79 bits per heavy atom. The van der Waals surface area contributed by atoms with Crippen LogP contribution in [0.2, 0.25) is 5.02 Å². The lowest BCUT2D eigenvalue weighted by atomic mass is 9.91. The summed E-state index contributed by atoms with van der Waals surface area (Å²) in [6, 6.07) is 7.68. The molecule has 0 amide bonds. The Kier molecular flexibility index (Phi) is 8.80. The molecule has 9 nitrogen and oxygen atoms in total. The summed E-state index contributed by atoms with van der Waals surface area (Å²) in [6.07, 6.45) is 11.5. The largest absolute Gasteiger partial charge is 0.481 e. The number of aromatic nitrogens is 3. The number of methoxy groups -OCH3 is 1. The fraction of sp³-hybridized carbons (Fsp3) is 0.346. The van der Waals surface area contributed by atoms with Gasteiger partial charge in [0.2, 0.25) is 11.8 Å². The first-order valence-electron chi connectivity index (χ1n) is 12.1. The summed E-state index contributed by atoms with van der Waals surface area (Å²) in [5.74, 6) is -0.0396. The molecule has 1 aromatic carbocycles. The first kappa shape index (κ1) is 27.7. The van der Waals surface area contributed by atoms with Crippen LogP contribution in [0.3, 0.4) is 0 Å². The number of ether oxygens (including phenoxy) is 1. The van der Waals surface area contributed by atoms with Crippen molar-refractivity contribution in [1.29, 1.82) is 0 Å². The summed E-state index contributed by atoms with van der Waals surface area (Å²) in [5, 5.41) is 2.93. The Bertz CT molecular complexity index is 1390. The van der Waals surface area contributed by atoms with Crippen LogP contribution < -0.4 is 14.8 Å². The summed E-state index contributed by atoms with van der Waals surface area (Å²) in [6.45, 7) is 0. The van der Waals surface area contributed by atoms with Crippen LogP contribution in [0.4, 0.5) is 16.2 Å². The predicted molar refractivity (Wildman–Crippen MR) is 147 cm³/mol. The van der Waals surface area contributed by atoms with Crippen molar-refractivity contribution in [2.75, 3.05) is 31.2 Å². The fourth-order valence-electron chi connectivity index (χ4n) is 4.29. The second kappa shape index (κ2) is 12.1. The summed E-state index contributed by atoms with van der Waals surface area (Å²) < 4.78 is 46.7. The quantitative estimate of drug-likeness (QED) is 0.379. The van der Waals surface area contributed by atoms with Gasteiger partial charge in [-0.2, -0.15) is 4.98 Å². The Balaban J connectivity index is 1.40. The molecule has 0 spiro atoms. The number of hydrogen-bond acceptors (Lipinski definition) is 8. The van der Waals surface area contributed by atoms with Crippen LogP contribution >= 0.6 is 11.6 Å². The van der Waals surface area contributed by atoms with Crippen molar-refractivity contribution >= 4 is 45.5 Å². The number of nitrogens with zero attached hydrogens (tertiary/aromatic N) is 4. The summed E-state index contributed by atoms with van der Waals surface area (Å²) >= 11 is 5.84. The van der Waals surface area contributed by atoms with Crippen LogP contribution in [-0.2, 0) is 10.0 Å². The first-order chi connectivity index (χ1) is 18.2. The number of rotatable bonds is 9. The molecule has 4 rings (SSSR count). The third-order valence-electron chi connectivity index (χ3n) is 6.42. The van der Waals surface area contributed by atoms with Gasteiger partial charge in [0.1, 0.15) is 16.5 Å². The van der Waals surface area contributed by atoms with Gasteiger partial charge < -0.3 is 15.0 Å².